The molecule has 2 aromatic rings. The molecule has 0 aliphatic rings. The zero-order valence-corrected chi connectivity index (χ0v) is 10.3. The van der Waals surface area contributed by atoms with Crippen LogP contribution in [0.5, 0.6) is 0 Å². The summed E-state index contributed by atoms with van der Waals surface area (Å²) < 4.78 is 1.02. The molecule has 0 saturated heterocycles. The van der Waals surface area contributed by atoms with E-state index in [9.17, 15) is 0 Å². The van der Waals surface area contributed by atoms with Gasteiger partial charge in [0, 0.05) is 15.5 Å². The van der Waals surface area contributed by atoms with E-state index in [0.29, 0.717) is 0 Å². The highest BCUT2D eigenvalue weighted by molar-refractivity contribution is 9.10. The number of benzene rings is 1. The second-order valence-corrected chi connectivity index (χ2v) is 4.94. The third-order valence-corrected chi connectivity index (χ3v) is 3.22. The third-order valence-electron chi connectivity index (χ3n) is 1.95. The van der Waals surface area contributed by atoms with Crippen molar-refractivity contribution in [3.8, 4) is 0 Å². The van der Waals surface area contributed by atoms with Gasteiger partial charge in [0.25, 0.3) is 0 Å². The minimum Gasteiger partial charge on any atom is -0.397 e. The third kappa shape index (κ3) is 2.70. The van der Waals surface area contributed by atoms with Gasteiger partial charge in [-0.3, -0.25) is 4.98 Å². The fourth-order valence-electron chi connectivity index (χ4n) is 1.19. The van der Waals surface area contributed by atoms with Crippen LogP contribution >= 0.6 is 27.3 Å². The smallest absolute Gasteiger partial charge is 0.0794 e. The van der Waals surface area contributed by atoms with Gasteiger partial charge in [-0.05, 0) is 18.2 Å². The molecule has 0 bridgehead atoms. The van der Waals surface area contributed by atoms with Crippen molar-refractivity contribution in [2.45, 2.75) is 6.54 Å². The van der Waals surface area contributed by atoms with Crippen molar-refractivity contribution < 1.29 is 0 Å². The first-order valence-electron chi connectivity index (χ1n) is 4.42. The first kappa shape index (κ1) is 10.4. The summed E-state index contributed by atoms with van der Waals surface area (Å²) in [5.41, 5.74) is 9.35. The Morgan fingerprint density at radius 2 is 2.33 bits per heavy atom. The molecule has 0 fully saturated rings. The highest BCUT2D eigenvalue weighted by atomic mass is 79.9. The molecule has 1 heterocycles. The largest absolute Gasteiger partial charge is 0.397 e. The molecule has 15 heavy (non-hydrogen) atoms. The summed E-state index contributed by atoms with van der Waals surface area (Å²) in [6.07, 6.45) is 1.85. The van der Waals surface area contributed by atoms with Crippen LogP contribution in [0.2, 0.25) is 0 Å². The van der Waals surface area contributed by atoms with E-state index in [1.807, 2.05) is 29.9 Å². The molecular weight excluding hydrogens is 274 g/mol. The minimum absolute atomic E-state index is 0.753. The molecule has 2 rings (SSSR count). The Morgan fingerprint density at radius 1 is 1.47 bits per heavy atom. The van der Waals surface area contributed by atoms with Gasteiger partial charge < -0.3 is 11.1 Å². The molecule has 3 N–H and O–H groups in total. The van der Waals surface area contributed by atoms with E-state index in [2.05, 4.69) is 26.2 Å². The van der Waals surface area contributed by atoms with Crippen LogP contribution in [0.25, 0.3) is 0 Å². The van der Waals surface area contributed by atoms with Gasteiger partial charge in [-0.2, -0.15) is 0 Å². The molecule has 0 spiro atoms. The van der Waals surface area contributed by atoms with Gasteiger partial charge in [0.1, 0.15) is 0 Å². The van der Waals surface area contributed by atoms with Crippen LogP contribution in [0.1, 0.15) is 4.88 Å². The Labute approximate surface area is 100 Å². The fourth-order valence-corrected chi connectivity index (χ4v) is 2.09. The van der Waals surface area contributed by atoms with Gasteiger partial charge in [0.2, 0.25) is 0 Å². The molecule has 0 aliphatic carbocycles. The minimum atomic E-state index is 0.753. The number of nitrogen functional groups attached to an aromatic ring is 1. The van der Waals surface area contributed by atoms with E-state index in [0.717, 1.165) is 22.4 Å². The molecule has 0 amide bonds. The second-order valence-electron chi connectivity index (χ2n) is 3.05. The van der Waals surface area contributed by atoms with Crippen molar-refractivity contribution >= 4 is 38.6 Å². The monoisotopic (exact) mass is 283 g/mol. The number of hydrogen-bond acceptors (Lipinski definition) is 4. The number of nitrogens with zero attached hydrogens (tertiary/aromatic N) is 1. The standard InChI is InChI=1S/C10H10BrN3S/c11-7-1-2-9(12)10(3-7)14-5-8-4-13-6-15-8/h1-4,6,14H,5,12H2. The summed E-state index contributed by atoms with van der Waals surface area (Å²) in [6, 6.07) is 5.77. The van der Waals surface area contributed by atoms with Gasteiger partial charge in [-0.25, -0.2) is 0 Å². The Kier molecular flexibility index (Phi) is 3.23. The predicted octanol–water partition coefficient (Wildman–Crippen LogP) is 3.10. The van der Waals surface area contributed by atoms with E-state index in [1.54, 1.807) is 11.3 Å². The summed E-state index contributed by atoms with van der Waals surface area (Å²) >= 11 is 5.04. The highest BCUT2D eigenvalue weighted by Gasteiger charge is 2.00. The maximum absolute atomic E-state index is 5.83. The zero-order chi connectivity index (χ0) is 10.7. The molecule has 0 unspecified atom stereocenters. The van der Waals surface area contributed by atoms with E-state index < -0.39 is 0 Å². The molecule has 5 heteroatoms. The number of hydrogen-bond donors (Lipinski definition) is 2. The summed E-state index contributed by atoms with van der Waals surface area (Å²) in [7, 11) is 0. The lowest BCUT2D eigenvalue weighted by Gasteiger charge is -2.08. The fraction of sp³-hybridized carbons (Fsp3) is 0.100. The summed E-state index contributed by atoms with van der Waals surface area (Å²) in [4.78, 5) is 5.20. The van der Waals surface area contributed by atoms with Crippen LogP contribution in [0.3, 0.4) is 0 Å². The number of halogens is 1. The summed E-state index contributed by atoms with van der Waals surface area (Å²) in [5, 5.41) is 3.27. The van der Waals surface area contributed by atoms with Crippen molar-refractivity contribution in [2.75, 3.05) is 11.1 Å². The molecule has 0 atom stereocenters. The van der Waals surface area contributed by atoms with Crippen LogP contribution in [0.15, 0.2) is 34.4 Å². The van der Waals surface area contributed by atoms with Crippen molar-refractivity contribution in [2.24, 2.45) is 0 Å². The summed E-state index contributed by atoms with van der Waals surface area (Å²) in [6.45, 7) is 0.755. The number of aromatic nitrogens is 1. The SMILES string of the molecule is Nc1ccc(Br)cc1NCc1cncs1. The molecule has 1 aromatic heterocycles. The first-order chi connectivity index (χ1) is 7.25. The number of thiazole rings is 1. The van der Waals surface area contributed by atoms with Gasteiger partial charge >= 0.3 is 0 Å². The number of rotatable bonds is 3. The number of nitrogens with one attached hydrogen (secondary N) is 1. The molecular formula is C10H10BrN3S. The Balaban J connectivity index is 2.07. The van der Waals surface area contributed by atoms with Crippen LogP contribution in [0, 0.1) is 0 Å². The Hall–Kier alpha value is -1.07. The predicted molar refractivity (Wildman–Crippen MR) is 68.0 cm³/mol. The Bertz CT molecular complexity index is 442. The molecule has 0 aliphatic heterocycles. The quantitative estimate of drug-likeness (QED) is 0.851. The zero-order valence-electron chi connectivity index (χ0n) is 7.90. The summed E-state index contributed by atoms with van der Waals surface area (Å²) in [5.74, 6) is 0. The average molecular weight is 284 g/mol. The lowest BCUT2D eigenvalue weighted by atomic mass is 10.2. The molecule has 78 valence electrons. The van der Waals surface area contributed by atoms with Gasteiger partial charge in [-0.15, -0.1) is 11.3 Å². The maximum Gasteiger partial charge on any atom is 0.0794 e. The maximum atomic E-state index is 5.83. The number of nitrogens with two attached hydrogens (primary N) is 1. The van der Waals surface area contributed by atoms with E-state index in [-0.39, 0.29) is 0 Å². The van der Waals surface area contributed by atoms with Gasteiger partial charge in [0.05, 0.1) is 23.4 Å². The average Bonchev–Trinajstić information content (AvgIpc) is 2.72. The number of anilines is 2. The van der Waals surface area contributed by atoms with E-state index >= 15 is 0 Å². The van der Waals surface area contributed by atoms with Crippen LogP contribution in [0.4, 0.5) is 11.4 Å². The normalized spacial score (nSPS) is 10.2. The first-order valence-corrected chi connectivity index (χ1v) is 6.09. The van der Waals surface area contributed by atoms with E-state index in [4.69, 9.17) is 5.73 Å². The lowest BCUT2D eigenvalue weighted by molar-refractivity contribution is 1.17. The second kappa shape index (κ2) is 4.63. The van der Waals surface area contributed by atoms with E-state index in [1.165, 1.54) is 4.88 Å². The van der Waals surface area contributed by atoms with Crippen LogP contribution < -0.4 is 11.1 Å². The van der Waals surface area contributed by atoms with Crippen molar-refractivity contribution in [3.63, 3.8) is 0 Å². The van der Waals surface area contributed by atoms with Crippen molar-refractivity contribution in [3.05, 3.63) is 39.3 Å². The van der Waals surface area contributed by atoms with Crippen molar-refractivity contribution in [1.29, 1.82) is 0 Å². The molecule has 0 saturated carbocycles. The molecule has 1 aromatic carbocycles. The molecule has 0 radical (unpaired) electrons. The van der Waals surface area contributed by atoms with Crippen molar-refractivity contribution in [1.82, 2.24) is 4.98 Å². The van der Waals surface area contributed by atoms with Crippen LogP contribution in [-0.4, -0.2) is 4.98 Å². The van der Waals surface area contributed by atoms with Gasteiger partial charge in [0.15, 0.2) is 0 Å². The topological polar surface area (TPSA) is 50.9 Å². The van der Waals surface area contributed by atoms with Gasteiger partial charge in [-0.1, -0.05) is 15.9 Å². The lowest BCUT2D eigenvalue weighted by Crippen LogP contribution is -2.00. The molecule has 3 nitrogen and oxygen atoms in total. The highest BCUT2D eigenvalue weighted by Crippen LogP contribution is 2.24. The van der Waals surface area contributed by atoms with Crippen LogP contribution in [-0.2, 0) is 6.54 Å². The Morgan fingerprint density at radius 3 is 3.07 bits per heavy atom.